The Kier molecular flexibility index (Phi) is 4.12. The second kappa shape index (κ2) is 6.58. The van der Waals surface area contributed by atoms with E-state index in [1.165, 1.54) is 0 Å². The third-order valence-electron chi connectivity index (χ3n) is 4.49. The maximum absolute atomic E-state index is 9.26. The highest BCUT2D eigenvalue weighted by Crippen LogP contribution is 2.27. The maximum atomic E-state index is 9.26. The molecule has 0 aliphatic carbocycles. The zero-order valence-electron chi connectivity index (χ0n) is 13.6. The van der Waals surface area contributed by atoms with E-state index in [0.29, 0.717) is 10.7 Å². The quantitative estimate of drug-likeness (QED) is 0.663. The highest BCUT2D eigenvalue weighted by molar-refractivity contribution is 6.34. The van der Waals surface area contributed by atoms with Crippen LogP contribution >= 0.6 is 11.6 Å². The van der Waals surface area contributed by atoms with Gasteiger partial charge in [0.15, 0.2) is 0 Å². The highest BCUT2D eigenvalue weighted by atomic mass is 35.5. The number of nitrogens with zero attached hydrogens (tertiary/aromatic N) is 5. The number of hydrogen-bond acceptors (Lipinski definition) is 5. The number of halogens is 1. The van der Waals surface area contributed by atoms with Crippen molar-refractivity contribution in [1.82, 2.24) is 9.97 Å². The van der Waals surface area contributed by atoms with Crippen molar-refractivity contribution in [2.24, 2.45) is 0 Å². The van der Waals surface area contributed by atoms with Crippen LogP contribution < -0.4 is 9.80 Å². The summed E-state index contributed by atoms with van der Waals surface area (Å²) in [6.45, 7) is 3.20. The number of piperazine rings is 1. The van der Waals surface area contributed by atoms with E-state index < -0.39 is 0 Å². The Labute approximate surface area is 151 Å². The summed E-state index contributed by atoms with van der Waals surface area (Å²) >= 11 is 6.35. The first kappa shape index (κ1) is 15.7. The maximum Gasteiger partial charge on any atom is 0.146 e. The van der Waals surface area contributed by atoms with Gasteiger partial charge in [-0.1, -0.05) is 35.9 Å². The van der Waals surface area contributed by atoms with Crippen LogP contribution in [0.15, 0.2) is 48.7 Å². The number of anilines is 2. The van der Waals surface area contributed by atoms with Gasteiger partial charge in [0.05, 0.1) is 5.56 Å². The zero-order chi connectivity index (χ0) is 17.2. The average molecular weight is 350 g/mol. The molecule has 0 radical (unpaired) electrons. The van der Waals surface area contributed by atoms with Gasteiger partial charge in [0.25, 0.3) is 0 Å². The van der Waals surface area contributed by atoms with Gasteiger partial charge in [-0.05, 0) is 23.6 Å². The van der Waals surface area contributed by atoms with E-state index in [0.717, 1.165) is 48.6 Å². The summed E-state index contributed by atoms with van der Waals surface area (Å²) in [5.74, 6) is 1.65. The number of fused-ring (bicyclic) bond motifs is 1. The van der Waals surface area contributed by atoms with Gasteiger partial charge in [-0.3, -0.25) is 0 Å². The predicted molar refractivity (Wildman–Crippen MR) is 100 cm³/mol. The van der Waals surface area contributed by atoms with Crippen molar-refractivity contribution in [2.75, 3.05) is 36.0 Å². The molecule has 0 spiro atoms. The summed E-state index contributed by atoms with van der Waals surface area (Å²) in [5.41, 5.74) is 0.614. The molecule has 1 aliphatic rings. The lowest BCUT2D eigenvalue weighted by Crippen LogP contribution is -2.47. The van der Waals surface area contributed by atoms with Crippen LogP contribution in [0.1, 0.15) is 5.56 Å². The Hall–Kier alpha value is -2.84. The number of pyridine rings is 2. The first-order chi connectivity index (χ1) is 12.3. The van der Waals surface area contributed by atoms with E-state index in [2.05, 4.69) is 38.0 Å². The van der Waals surface area contributed by atoms with Gasteiger partial charge in [-0.15, -0.1) is 0 Å². The normalized spacial score (nSPS) is 14.6. The lowest BCUT2D eigenvalue weighted by atomic mass is 10.1. The average Bonchev–Trinajstić information content (AvgIpc) is 2.68. The molecule has 3 aromatic rings. The van der Waals surface area contributed by atoms with E-state index in [1.807, 2.05) is 18.2 Å². The van der Waals surface area contributed by atoms with Gasteiger partial charge in [0, 0.05) is 37.8 Å². The molecule has 2 aromatic heterocycles. The van der Waals surface area contributed by atoms with Gasteiger partial charge in [-0.2, -0.15) is 5.26 Å². The molecular weight excluding hydrogens is 334 g/mol. The summed E-state index contributed by atoms with van der Waals surface area (Å²) in [6, 6.07) is 15.9. The smallest absolute Gasteiger partial charge is 0.146 e. The molecule has 6 heteroatoms. The molecule has 1 aliphatic heterocycles. The fraction of sp³-hybridized carbons (Fsp3) is 0.211. The monoisotopic (exact) mass is 349 g/mol. The highest BCUT2D eigenvalue weighted by Gasteiger charge is 2.21. The predicted octanol–water partition coefficient (Wildman–Crippen LogP) is 3.48. The Morgan fingerprint density at radius 3 is 2.56 bits per heavy atom. The van der Waals surface area contributed by atoms with Crippen LogP contribution in [0.5, 0.6) is 0 Å². The minimum atomic E-state index is 0.534. The van der Waals surface area contributed by atoms with Crippen LogP contribution in [0.4, 0.5) is 11.6 Å². The van der Waals surface area contributed by atoms with E-state index in [9.17, 15) is 5.26 Å². The van der Waals surface area contributed by atoms with Crippen molar-refractivity contribution in [3.8, 4) is 6.07 Å². The number of nitriles is 1. The topological polar surface area (TPSA) is 56.1 Å². The van der Waals surface area contributed by atoms with Gasteiger partial charge >= 0.3 is 0 Å². The minimum Gasteiger partial charge on any atom is -0.353 e. The van der Waals surface area contributed by atoms with Gasteiger partial charge in [0.2, 0.25) is 0 Å². The Balaban J connectivity index is 1.55. The molecular formula is C19H16ClN5. The van der Waals surface area contributed by atoms with Crippen LogP contribution in [-0.2, 0) is 0 Å². The number of benzene rings is 1. The number of hydrogen-bond donors (Lipinski definition) is 0. The van der Waals surface area contributed by atoms with Crippen LogP contribution in [-0.4, -0.2) is 36.1 Å². The third-order valence-corrected chi connectivity index (χ3v) is 4.78. The van der Waals surface area contributed by atoms with E-state index >= 15 is 0 Å². The summed E-state index contributed by atoms with van der Waals surface area (Å²) < 4.78 is 0. The fourth-order valence-corrected chi connectivity index (χ4v) is 3.45. The van der Waals surface area contributed by atoms with Crippen LogP contribution in [0, 0.1) is 11.3 Å². The molecule has 0 saturated carbocycles. The molecule has 3 heterocycles. The van der Waals surface area contributed by atoms with Gasteiger partial charge in [-0.25, -0.2) is 9.97 Å². The molecule has 1 aromatic carbocycles. The van der Waals surface area contributed by atoms with Crippen molar-refractivity contribution in [1.29, 1.82) is 5.26 Å². The van der Waals surface area contributed by atoms with Gasteiger partial charge in [0.1, 0.15) is 22.9 Å². The van der Waals surface area contributed by atoms with Gasteiger partial charge < -0.3 is 9.80 Å². The van der Waals surface area contributed by atoms with Crippen LogP contribution in [0.2, 0.25) is 5.15 Å². The zero-order valence-corrected chi connectivity index (χ0v) is 14.3. The standard InChI is InChI=1S/C19H16ClN5/c20-18-16-6-2-1-4-14(16)12-17(23-18)24-8-10-25(11-9-24)19-15(13-21)5-3-7-22-19/h1-7,12H,8-11H2. The fourth-order valence-electron chi connectivity index (χ4n) is 3.19. The second-order valence-corrected chi connectivity index (χ2v) is 6.31. The Bertz CT molecular complexity index is 957. The van der Waals surface area contributed by atoms with E-state index in [4.69, 9.17) is 11.6 Å². The summed E-state index contributed by atoms with van der Waals surface area (Å²) in [4.78, 5) is 13.3. The molecule has 0 N–H and O–H groups in total. The second-order valence-electron chi connectivity index (χ2n) is 5.95. The molecule has 0 amide bonds. The minimum absolute atomic E-state index is 0.534. The number of rotatable bonds is 2. The molecule has 4 rings (SSSR count). The summed E-state index contributed by atoms with van der Waals surface area (Å²) in [7, 11) is 0. The van der Waals surface area contributed by atoms with Crippen molar-refractivity contribution >= 4 is 34.0 Å². The van der Waals surface area contributed by atoms with Crippen molar-refractivity contribution < 1.29 is 0 Å². The first-order valence-corrected chi connectivity index (χ1v) is 8.54. The summed E-state index contributed by atoms with van der Waals surface area (Å²) in [6.07, 6.45) is 1.73. The SMILES string of the molecule is N#Cc1cccnc1N1CCN(c2cc3ccccc3c(Cl)n2)CC1. The molecule has 0 atom stereocenters. The molecule has 25 heavy (non-hydrogen) atoms. The van der Waals surface area contributed by atoms with Crippen molar-refractivity contribution in [3.05, 3.63) is 59.4 Å². The van der Waals surface area contributed by atoms with Crippen molar-refractivity contribution in [3.63, 3.8) is 0 Å². The number of aromatic nitrogens is 2. The Morgan fingerprint density at radius 2 is 1.76 bits per heavy atom. The molecule has 1 saturated heterocycles. The lowest BCUT2D eigenvalue weighted by molar-refractivity contribution is 0.641. The van der Waals surface area contributed by atoms with Crippen LogP contribution in [0.25, 0.3) is 10.8 Å². The van der Waals surface area contributed by atoms with Crippen LogP contribution in [0.3, 0.4) is 0 Å². The Morgan fingerprint density at radius 1 is 1.00 bits per heavy atom. The summed E-state index contributed by atoms with van der Waals surface area (Å²) in [5, 5.41) is 11.9. The molecule has 5 nitrogen and oxygen atoms in total. The van der Waals surface area contributed by atoms with E-state index in [1.54, 1.807) is 18.3 Å². The largest absolute Gasteiger partial charge is 0.353 e. The first-order valence-electron chi connectivity index (χ1n) is 8.16. The lowest BCUT2D eigenvalue weighted by Gasteiger charge is -2.36. The molecule has 124 valence electrons. The molecule has 0 bridgehead atoms. The van der Waals surface area contributed by atoms with Crippen molar-refractivity contribution in [2.45, 2.75) is 0 Å². The molecule has 0 unspecified atom stereocenters. The van der Waals surface area contributed by atoms with E-state index in [-0.39, 0.29) is 0 Å². The molecule has 1 fully saturated rings. The third kappa shape index (κ3) is 2.97.